The summed E-state index contributed by atoms with van der Waals surface area (Å²) < 4.78 is 9.43. The van der Waals surface area contributed by atoms with Crippen molar-refractivity contribution in [1.82, 2.24) is 0 Å². The van der Waals surface area contributed by atoms with Gasteiger partial charge < -0.3 is 9.47 Å². The molecule has 0 heterocycles. The third-order valence-corrected chi connectivity index (χ3v) is 3.63. The summed E-state index contributed by atoms with van der Waals surface area (Å²) in [5.41, 5.74) is 2.64. The molecule has 0 saturated carbocycles. The number of carbonyl (C=O) groups is 2. The summed E-state index contributed by atoms with van der Waals surface area (Å²) in [5.74, 6) is -1.10. The number of benzene rings is 2. The van der Waals surface area contributed by atoms with Crippen LogP contribution in [0.4, 0.5) is 5.69 Å². The fraction of sp³-hybridized carbons (Fsp3) is 0.167. The van der Waals surface area contributed by atoms with Crippen LogP contribution in [-0.4, -0.2) is 32.4 Å². The van der Waals surface area contributed by atoms with Crippen LogP contribution < -0.4 is 0 Å². The van der Waals surface area contributed by atoms with Gasteiger partial charge in [-0.25, -0.2) is 9.59 Å². The van der Waals surface area contributed by atoms with Crippen LogP contribution in [0.3, 0.4) is 0 Å². The van der Waals surface area contributed by atoms with E-state index in [-0.39, 0.29) is 11.1 Å². The van der Waals surface area contributed by atoms with Crippen molar-refractivity contribution in [1.29, 1.82) is 0 Å². The fourth-order valence-electron chi connectivity index (χ4n) is 2.06. The van der Waals surface area contributed by atoms with E-state index in [1.165, 1.54) is 26.5 Å². The highest BCUT2D eigenvalue weighted by molar-refractivity contribution is 6.30. The van der Waals surface area contributed by atoms with Crippen LogP contribution in [0.5, 0.6) is 0 Å². The highest BCUT2D eigenvalue weighted by Gasteiger charge is 2.15. The normalized spacial score (nSPS) is 10.7. The third kappa shape index (κ3) is 4.00. The van der Waals surface area contributed by atoms with E-state index in [9.17, 15) is 9.59 Å². The Morgan fingerprint density at radius 2 is 1.75 bits per heavy atom. The first-order valence-corrected chi connectivity index (χ1v) is 7.45. The molecule has 0 bridgehead atoms. The molecule has 0 aliphatic carbocycles. The van der Waals surface area contributed by atoms with E-state index >= 15 is 0 Å². The molecule has 0 fully saturated rings. The van der Waals surface area contributed by atoms with Gasteiger partial charge in [0, 0.05) is 16.8 Å². The topological polar surface area (TPSA) is 65.0 Å². The first-order valence-electron chi connectivity index (χ1n) is 7.07. The molecule has 0 radical (unpaired) electrons. The zero-order valence-corrected chi connectivity index (χ0v) is 14.3. The van der Waals surface area contributed by atoms with Crippen molar-refractivity contribution in [3.05, 3.63) is 63.7 Å². The van der Waals surface area contributed by atoms with Gasteiger partial charge in [0.05, 0.1) is 31.0 Å². The van der Waals surface area contributed by atoms with Crippen LogP contribution >= 0.6 is 11.6 Å². The second kappa shape index (κ2) is 7.75. The molecule has 2 rings (SSSR count). The van der Waals surface area contributed by atoms with E-state index in [2.05, 4.69) is 9.73 Å². The highest BCUT2D eigenvalue weighted by Crippen LogP contribution is 2.23. The molecule has 0 amide bonds. The number of ether oxygens (including phenoxy) is 2. The van der Waals surface area contributed by atoms with E-state index in [4.69, 9.17) is 16.3 Å². The lowest BCUT2D eigenvalue weighted by Crippen LogP contribution is -2.09. The first kappa shape index (κ1) is 17.7. The smallest absolute Gasteiger partial charge is 0.338 e. The van der Waals surface area contributed by atoms with Gasteiger partial charge >= 0.3 is 11.9 Å². The number of hydrogen-bond acceptors (Lipinski definition) is 5. The summed E-state index contributed by atoms with van der Waals surface area (Å²) >= 11 is 5.97. The number of hydrogen-bond donors (Lipinski definition) is 0. The number of methoxy groups -OCH3 is 2. The number of aryl methyl sites for hydroxylation is 1. The predicted molar refractivity (Wildman–Crippen MR) is 92.6 cm³/mol. The Labute approximate surface area is 144 Å². The Hall–Kier alpha value is -2.66. The lowest BCUT2D eigenvalue weighted by molar-refractivity contribution is 0.0599. The SMILES string of the molecule is COC(=O)c1ccc(C=Nc2cc(Cl)ccc2C)c(C(=O)OC)c1. The number of nitrogens with zero attached hydrogens (tertiary/aromatic N) is 1. The molecule has 6 heteroatoms. The minimum absolute atomic E-state index is 0.226. The minimum Gasteiger partial charge on any atom is -0.465 e. The second-order valence-electron chi connectivity index (χ2n) is 4.97. The average Bonchev–Trinajstić information content (AvgIpc) is 2.61. The van der Waals surface area contributed by atoms with Crippen LogP contribution in [0.25, 0.3) is 0 Å². The molecular weight excluding hydrogens is 330 g/mol. The molecule has 2 aromatic carbocycles. The van der Waals surface area contributed by atoms with Crippen molar-refractivity contribution < 1.29 is 19.1 Å². The molecule has 5 nitrogen and oxygen atoms in total. The minimum atomic E-state index is -0.565. The molecule has 124 valence electrons. The summed E-state index contributed by atoms with van der Waals surface area (Å²) in [6.45, 7) is 1.91. The average molecular weight is 346 g/mol. The molecule has 2 aromatic rings. The molecule has 0 saturated heterocycles. The van der Waals surface area contributed by atoms with Crippen LogP contribution in [0, 0.1) is 6.92 Å². The Morgan fingerprint density at radius 1 is 1.04 bits per heavy atom. The van der Waals surface area contributed by atoms with Gasteiger partial charge in [-0.05, 0) is 36.8 Å². The Kier molecular flexibility index (Phi) is 5.71. The van der Waals surface area contributed by atoms with Crippen LogP contribution in [-0.2, 0) is 9.47 Å². The van der Waals surface area contributed by atoms with Crippen molar-refractivity contribution in [3.8, 4) is 0 Å². The summed E-state index contributed by atoms with van der Waals surface area (Å²) in [6, 6.07) is 9.96. The lowest BCUT2D eigenvalue weighted by Gasteiger charge is -2.07. The fourth-order valence-corrected chi connectivity index (χ4v) is 2.23. The Morgan fingerprint density at radius 3 is 2.42 bits per heavy atom. The quantitative estimate of drug-likeness (QED) is 0.621. The zero-order valence-electron chi connectivity index (χ0n) is 13.5. The molecular formula is C18H16ClNO4. The van der Waals surface area contributed by atoms with Gasteiger partial charge in [0.2, 0.25) is 0 Å². The van der Waals surface area contributed by atoms with Crippen LogP contribution in [0.2, 0.25) is 5.02 Å². The van der Waals surface area contributed by atoms with E-state index in [1.807, 2.05) is 13.0 Å². The maximum Gasteiger partial charge on any atom is 0.338 e. The summed E-state index contributed by atoms with van der Waals surface area (Å²) in [5, 5.41) is 0.571. The van der Waals surface area contributed by atoms with Gasteiger partial charge in [-0.2, -0.15) is 0 Å². The molecule has 0 aliphatic rings. The Bertz CT molecular complexity index is 815. The van der Waals surface area contributed by atoms with E-state index in [0.717, 1.165) is 5.56 Å². The predicted octanol–water partition coefficient (Wildman–Crippen LogP) is 3.97. The van der Waals surface area contributed by atoms with Gasteiger partial charge in [0.25, 0.3) is 0 Å². The van der Waals surface area contributed by atoms with Crippen molar-refractivity contribution in [3.63, 3.8) is 0 Å². The Balaban J connectivity index is 2.45. The maximum atomic E-state index is 12.0. The van der Waals surface area contributed by atoms with Gasteiger partial charge in [-0.1, -0.05) is 23.7 Å². The second-order valence-corrected chi connectivity index (χ2v) is 5.41. The first-order chi connectivity index (χ1) is 11.5. The number of esters is 2. The maximum absolute atomic E-state index is 12.0. The van der Waals surface area contributed by atoms with Crippen molar-refractivity contribution >= 4 is 35.4 Å². The van der Waals surface area contributed by atoms with E-state index < -0.39 is 11.9 Å². The van der Waals surface area contributed by atoms with Gasteiger partial charge in [0.15, 0.2) is 0 Å². The largest absolute Gasteiger partial charge is 0.465 e. The third-order valence-electron chi connectivity index (χ3n) is 3.39. The summed E-state index contributed by atoms with van der Waals surface area (Å²) in [7, 11) is 2.55. The molecule has 0 aliphatic heterocycles. The van der Waals surface area contributed by atoms with Gasteiger partial charge in [-0.3, -0.25) is 4.99 Å². The lowest BCUT2D eigenvalue weighted by atomic mass is 10.0. The standard InChI is InChI=1S/C18H16ClNO4/c1-11-4-7-14(19)9-16(11)20-10-13-6-5-12(17(21)23-2)8-15(13)18(22)24-3/h4-10H,1-3H3. The van der Waals surface area contributed by atoms with Gasteiger partial charge in [-0.15, -0.1) is 0 Å². The number of aliphatic imine (C=N–C) groups is 1. The van der Waals surface area contributed by atoms with Gasteiger partial charge in [0.1, 0.15) is 0 Å². The van der Waals surface area contributed by atoms with Crippen molar-refractivity contribution in [2.75, 3.05) is 14.2 Å². The molecule has 0 atom stereocenters. The number of rotatable bonds is 4. The van der Waals surface area contributed by atoms with E-state index in [0.29, 0.717) is 16.3 Å². The molecule has 0 aromatic heterocycles. The van der Waals surface area contributed by atoms with E-state index in [1.54, 1.807) is 24.3 Å². The summed E-state index contributed by atoms with van der Waals surface area (Å²) in [6.07, 6.45) is 1.53. The molecule has 0 spiro atoms. The van der Waals surface area contributed by atoms with Crippen molar-refractivity contribution in [2.45, 2.75) is 6.92 Å². The van der Waals surface area contributed by atoms with Crippen LogP contribution in [0.15, 0.2) is 41.4 Å². The number of carbonyl (C=O) groups excluding carboxylic acids is 2. The summed E-state index contributed by atoms with van der Waals surface area (Å²) in [4.78, 5) is 28.0. The molecule has 0 unspecified atom stereocenters. The van der Waals surface area contributed by atoms with Crippen LogP contribution in [0.1, 0.15) is 31.8 Å². The number of halogens is 1. The monoisotopic (exact) mass is 345 g/mol. The zero-order chi connectivity index (χ0) is 17.7. The molecule has 24 heavy (non-hydrogen) atoms. The van der Waals surface area contributed by atoms with Crippen molar-refractivity contribution in [2.24, 2.45) is 4.99 Å². The molecule has 0 N–H and O–H groups in total. The highest BCUT2D eigenvalue weighted by atomic mass is 35.5.